The van der Waals surface area contributed by atoms with Crippen LogP contribution in [0.4, 0.5) is 0 Å². The number of aryl methyl sites for hydroxylation is 1. The fourth-order valence-electron chi connectivity index (χ4n) is 2.20. The second kappa shape index (κ2) is 12.9. The minimum atomic E-state index is -0.249. The molecule has 0 radical (unpaired) electrons. The first-order valence-electron chi connectivity index (χ1n) is 9.05. The molecule has 0 unspecified atom stereocenters. The Balaban J connectivity index is 0.00000625. The van der Waals surface area contributed by atoms with Crippen molar-refractivity contribution in [2.45, 2.75) is 66.0 Å². The lowest BCUT2D eigenvalue weighted by molar-refractivity contribution is -0.121. The lowest BCUT2D eigenvalue weighted by Crippen LogP contribution is -2.43. The summed E-state index contributed by atoms with van der Waals surface area (Å²) >= 11 is 0. The standard InChI is InChI=1S/C17H33N7O.HI/c1-6-8-9-18-16(20-12-15(25)22-17(3,4)5)19-10-11-24-13-21-23-14(24)7-2;/h13H,6-12H2,1-5H3,(H,22,25)(H2,18,19,20);1H. The van der Waals surface area contributed by atoms with Gasteiger partial charge in [0, 0.05) is 31.6 Å². The van der Waals surface area contributed by atoms with Crippen LogP contribution in [0, 0.1) is 0 Å². The van der Waals surface area contributed by atoms with Crippen LogP contribution >= 0.6 is 24.0 Å². The molecule has 26 heavy (non-hydrogen) atoms. The average Bonchev–Trinajstić information content (AvgIpc) is 2.98. The smallest absolute Gasteiger partial charge is 0.242 e. The first-order valence-corrected chi connectivity index (χ1v) is 9.05. The Kier molecular flexibility index (Phi) is 12.2. The van der Waals surface area contributed by atoms with Gasteiger partial charge in [-0.25, -0.2) is 4.99 Å². The molecular formula is C17H34IN7O. The molecule has 1 rings (SSSR count). The molecule has 0 aromatic carbocycles. The Morgan fingerprint density at radius 3 is 2.54 bits per heavy atom. The maximum atomic E-state index is 11.9. The van der Waals surface area contributed by atoms with Gasteiger partial charge in [0.1, 0.15) is 18.7 Å². The van der Waals surface area contributed by atoms with E-state index in [4.69, 9.17) is 0 Å². The molecule has 0 bridgehead atoms. The summed E-state index contributed by atoms with van der Waals surface area (Å²) in [6, 6.07) is 0. The van der Waals surface area contributed by atoms with E-state index in [0.717, 1.165) is 38.2 Å². The molecule has 0 saturated heterocycles. The van der Waals surface area contributed by atoms with E-state index in [1.807, 2.05) is 25.3 Å². The molecule has 8 nitrogen and oxygen atoms in total. The summed E-state index contributed by atoms with van der Waals surface area (Å²) < 4.78 is 2.02. The van der Waals surface area contributed by atoms with E-state index >= 15 is 0 Å². The van der Waals surface area contributed by atoms with Crippen molar-refractivity contribution in [3.8, 4) is 0 Å². The van der Waals surface area contributed by atoms with Crippen LogP contribution in [0.15, 0.2) is 11.3 Å². The van der Waals surface area contributed by atoms with E-state index in [0.29, 0.717) is 12.5 Å². The molecule has 0 aliphatic heterocycles. The second-order valence-corrected chi connectivity index (χ2v) is 6.96. The van der Waals surface area contributed by atoms with E-state index in [1.54, 1.807) is 6.33 Å². The highest BCUT2D eigenvalue weighted by Crippen LogP contribution is 1.98. The Morgan fingerprint density at radius 2 is 1.92 bits per heavy atom. The summed E-state index contributed by atoms with van der Waals surface area (Å²) in [6.07, 6.45) is 4.74. The number of nitrogens with zero attached hydrogens (tertiary/aromatic N) is 4. The van der Waals surface area contributed by atoms with Gasteiger partial charge in [-0.1, -0.05) is 20.3 Å². The predicted molar refractivity (Wildman–Crippen MR) is 116 cm³/mol. The number of halogens is 1. The SMILES string of the molecule is CCCCNC(=NCC(=O)NC(C)(C)C)NCCn1cnnc1CC.I. The van der Waals surface area contributed by atoms with E-state index in [1.165, 1.54) is 0 Å². The van der Waals surface area contributed by atoms with Gasteiger partial charge in [-0.3, -0.25) is 4.79 Å². The highest BCUT2D eigenvalue weighted by Gasteiger charge is 2.13. The van der Waals surface area contributed by atoms with Crippen molar-refractivity contribution < 1.29 is 4.79 Å². The molecule has 1 heterocycles. The summed E-state index contributed by atoms with van der Waals surface area (Å²) in [4.78, 5) is 16.3. The van der Waals surface area contributed by atoms with Crippen molar-refractivity contribution >= 4 is 35.8 Å². The van der Waals surface area contributed by atoms with Crippen molar-refractivity contribution in [1.29, 1.82) is 0 Å². The predicted octanol–water partition coefficient (Wildman–Crippen LogP) is 1.71. The molecule has 0 fully saturated rings. The summed E-state index contributed by atoms with van der Waals surface area (Å²) in [5.41, 5.74) is -0.249. The molecular weight excluding hydrogens is 445 g/mol. The van der Waals surface area contributed by atoms with Crippen LogP contribution < -0.4 is 16.0 Å². The minimum Gasteiger partial charge on any atom is -0.356 e. The van der Waals surface area contributed by atoms with Crippen molar-refractivity contribution in [3.05, 3.63) is 12.2 Å². The number of nitrogens with one attached hydrogen (secondary N) is 3. The van der Waals surface area contributed by atoms with Gasteiger partial charge in [0.15, 0.2) is 5.96 Å². The third-order valence-electron chi connectivity index (χ3n) is 3.38. The van der Waals surface area contributed by atoms with Gasteiger partial charge in [-0.15, -0.1) is 34.2 Å². The lowest BCUT2D eigenvalue weighted by atomic mass is 10.1. The van der Waals surface area contributed by atoms with Gasteiger partial charge < -0.3 is 20.5 Å². The topological polar surface area (TPSA) is 96.2 Å². The van der Waals surface area contributed by atoms with Crippen molar-refractivity contribution in [1.82, 2.24) is 30.7 Å². The summed E-state index contributed by atoms with van der Waals surface area (Å²) in [5, 5.41) is 17.5. The van der Waals surface area contributed by atoms with Crippen molar-refractivity contribution in [2.75, 3.05) is 19.6 Å². The Labute approximate surface area is 174 Å². The fourth-order valence-corrected chi connectivity index (χ4v) is 2.20. The zero-order valence-electron chi connectivity index (χ0n) is 16.6. The van der Waals surface area contributed by atoms with Crippen LogP contribution in [0.25, 0.3) is 0 Å². The van der Waals surface area contributed by atoms with Crippen molar-refractivity contribution in [2.24, 2.45) is 4.99 Å². The number of hydrogen-bond donors (Lipinski definition) is 3. The monoisotopic (exact) mass is 479 g/mol. The van der Waals surface area contributed by atoms with Gasteiger partial charge in [-0.05, 0) is 27.2 Å². The van der Waals surface area contributed by atoms with Crippen LogP contribution in [-0.2, 0) is 17.8 Å². The molecule has 0 atom stereocenters. The van der Waals surface area contributed by atoms with E-state index in [9.17, 15) is 4.79 Å². The first kappa shape index (κ1) is 24.6. The molecule has 9 heteroatoms. The van der Waals surface area contributed by atoms with Gasteiger partial charge in [0.05, 0.1) is 0 Å². The number of aliphatic imine (C=N–C) groups is 1. The Hall–Kier alpha value is -1.39. The molecule has 0 saturated carbocycles. The number of guanidine groups is 1. The van der Waals surface area contributed by atoms with Crippen LogP contribution in [0.5, 0.6) is 0 Å². The molecule has 1 aromatic heterocycles. The maximum Gasteiger partial charge on any atom is 0.242 e. The van der Waals surface area contributed by atoms with E-state index in [2.05, 4.69) is 45.0 Å². The van der Waals surface area contributed by atoms with Gasteiger partial charge in [0.25, 0.3) is 0 Å². The molecule has 0 spiro atoms. The number of rotatable bonds is 9. The molecule has 3 N–H and O–H groups in total. The zero-order valence-corrected chi connectivity index (χ0v) is 19.0. The summed E-state index contributed by atoms with van der Waals surface area (Å²) in [5.74, 6) is 1.53. The zero-order chi connectivity index (χ0) is 18.7. The molecule has 150 valence electrons. The summed E-state index contributed by atoms with van der Waals surface area (Å²) in [7, 11) is 0. The molecule has 1 amide bonds. The minimum absolute atomic E-state index is 0. The molecule has 0 aliphatic carbocycles. The molecule has 1 aromatic rings. The van der Waals surface area contributed by atoms with E-state index < -0.39 is 0 Å². The van der Waals surface area contributed by atoms with Crippen LogP contribution in [-0.4, -0.2) is 51.8 Å². The van der Waals surface area contributed by atoms with Gasteiger partial charge in [0.2, 0.25) is 5.91 Å². The van der Waals surface area contributed by atoms with Gasteiger partial charge >= 0.3 is 0 Å². The van der Waals surface area contributed by atoms with Gasteiger partial charge in [-0.2, -0.15) is 0 Å². The highest BCUT2D eigenvalue weighted by atomic mass is 127. The number of carbonyl (C=O) groups is 1. The number of hydrogen-bond acceptors (Lipinski definition) is 4. The second-order valence-electron chi connectivity index (χ2n) is 6.96. The first-order chi connectivity index (χ1) is 11.9. The largest absolute Gasteiger partial charge is 0.356 e. The fraction of sp³-hybridized carbons (Fsp3) is 0.765. The number of unbranched alkanes of at least 4 members (excludes halogenated alkanes) is 1. The van der Waals surface area contributed by atoms with E-state index in [-0.39, 0.29) is 42.0 Å². The lowest BCUT2D eigenvalue weighted by Gasteiger charge is -2.20. The number of carbonyl (C=O) groups excluding carboxylic acids is 1. The quantitative estimate of drug-likeness (QED) is 0.217. The third-order valence-corrected chi connectivity index (χ3v) is 3.38. The summed E-state index contributed by atoms with van der Waals surface area (Å²) in [6.45, 7) is 12.4. The molecule has 0 aliphatic rings. The third kappa shape index (κ3) is 10.6. The van der Waals surface area contributed by atoms with Crippen LogP contribution in [0.2, 0.25) is 0 Å². The highest BCUT2D eigenvalue weighted by molar-refractivity contribution is 14.0. The average molecular weight is 479 g/mol. The number of aromatic nitrogens is 3. The van der Waals surface area contributed by atoms with Crippen LogP contribution in [0.3, 0.4) is 0 Å². The normalized spacial score (nSPS) is 11.7. The van der Waals surface area contributed by atoms with Crippen molar-refractivity contribution in [3.63, 3.8) is 0 Å². The number of amides is 1. The Morgan fingerprint density at radius 1 is 1.23 bits per heavy atom. The maximum absolute atomic E-state index is 11.9. The Bertz CT molecular complexity index is 552. The van der Waals surface area contributed by atoms with Crippen LogP contribution in [0.1, 0.15) is 53.3 Å².